The molecular formula is C24H34O6. The highest BCUT2D eigenvalue weighted by molar-refractivity contribution is 6.14. The summed E-state index contributed by atoms with van der Waals surface area (Å²) in [7, 11) is 5.85. The molecule has 0 radical (unpaired) electrons. The maximum absolute atomic E-state index is 11.7. The Kier molecular flexibility index (Phi) is 10.9. The van der Waals surface area contributed by atoms with E-state index < -0.39 is 11.9 Å². The standard InChI is InChI=1S/C24H34O6/c1-24(2,16-7-8-21(22(25)29-5)23(26)30-6)17-15-20(28-4)14-11-18-9-12-19(27-3)13-10-18/h7-10,12-13,16,20H,11,14-15,17H2,1-6H3/b16-7+. The predicted molar refractivity (Wildman–Crippen MR) is 116 cm³/mol. The first kappa shape index (κ1) is 25.4. The lowest BCUT2D eigenvalue weighted by Crippen LogP contribution is -2.17. The van der Waals surface area contributed by atoms with Gasteiger partial charge in [0, 0.05) is 7.11 Å². The molecule has 6 heteroatoms. The molecule has 1 aromatic rings. The molecule has 1 unspecified atom stereocenters. The van der Waals surface area contributed by atoms with Crippen LogP contribution in [0, 0.1) is 5.41 Å². The Bertz CT molecular complexity index is 713. The van der Waals surface area contributed by atoms with E-state index in [4.69, 9.17) is 9.47 Å². The molecule has 0 aliphatic carbocycles. The van der Waals surface area contributed by atoms with Crippen molar-refractivity contribution in [3.05, 3.63) is 53.6 Å². The van der Waals surface area contributed by atoms with Crippen LogP contribution in [0.4, 0.5) is 0 Å². The fourth-order valence-corrected chi connectivity index (χ4v) is 2.96. The topological polar surface area (TPSA) is 71.1 Å². The van der Waals surface area contributed by atoms with Crippen molar-refractivity contribution in [3.8, 4) is 5.75 Å². The van der Waals surface area contributed by atoms with Crippen molar-refractivity contribution in [1.29, 1.82) is 0 Å². The van der Waals surface area contributed by atoms with Gasteiger partial charge in [-0.05, 0) is 54.9 Å². The van der Waals surface area contributed by atoms with E-state index in [0.717, 1.165) is 31.4 Å². The average Bonchev–Trinajstić information content (AvgIpc) is 2.76. The van der Waals surface area contributed by atoms with Crippen molar-refractivity contribution in [1.82, 2.24) is 0 Å². The van der Waals surface area contributed by atoms with E-state index in [2.05, 4.69) is 35.5 Å². The molecule has 0 bridgehead atoms. The van der Waals surface area contributed by atoms with E-state index >= 15 is 0 Å². The maximum atomic E-state index is 11.7. The normalized spacial score (nSPS) is 12.3. The van der Waals surface area contributed by atoms with E-state index in [1.165, 1.54) is 25.9 Å². The van der Waals surface area contributed by atoms with Gasteiger partial charge in [0.1, 0.15) is 11.3 Å². The van der Waals surface area contributed by atoms with E-state index in [-0.39, 0.29) is 17.1 Å². The van der Waals surface area contributed by atoms with Gasteiger partial charge in [0.15, 0.2) is 0 Å². The predicted octanol–water partition coefficient (Wildman–Crippen LogP) is 4.28. The number of benzene rings is 1. The molecule has 0 saturated heterocycles. The van der Waals surface area contributed by atoms with Gasteiger partial charge in [-0.15, -0.1) is 0 Å². The van der Waals surface area contributed by atoms with Gasteiger partial charge in [-0.3, -0.25) is 0 Å². The first-order chi connectivity index (χ1) is 14.3. The van der Waals surface area contributed by atoms with Crippen LogP contribution >= 0.6 is 0 Å². The van der Waals surface area contributed by atoms with Crippen LogP contribution < -0.4 is 4.74 Å². The van der Waals surface area contributed by atoms with E-state index in [1.54, 1.807) is 20.3 Å². The summed E-state index contributed by atoms with van der Waals surface area (Å²) in [6, 6.07) is 8.08. The van der Waals surface area contributed by atoms with E-state index in [1.807, 2.05) is 18.2 Å². The fourth-order valence-electron chi connectivity index (χ4n) is 2.96. The molecule has 166 valence electrons. The van der Waals surface area contributed by atoms with Crippen LogP contribution in [-0.2, 0) is 30.2 Å². The molecule has 0 amide bonds. The number of hydrogen-bond donors (Lipinski definition) is 0. The van der Waals surface area contributed by atoms with Crippen LogP contribution in [-0.4, -0.2) is 46.5 Å². The van der Waals surface area contributed by atoms with Gasteiger partial charge in [0.05, 0.1) is 27.4 Å². The number of hydrogen-bond acceptors (Lipinski definition) is 6. The Morgan fingerprint density at radius 1 is 0.967 bits per heavy atom. The van der Waals surface area contributed by atoms with Crippen molar-refractivity contribution in [2.45, 2.75) is 45.6 Å². The zero-order valence-electron chi connectivity index (χ0n) is 18.9. The van der Waals surface area contributed by atoms with Crippen LogP contribution in [0.25, 0.3) is 0 Å². The average molecular weight is 419 g/mol. The molecule has 0 N–H and O–H groups in total. The lowest BCUT2D eigenvalue weighted by Gasteiger charge is -2.23. The van der Waals surface area contributed by atoms with Gasteiger partial charge >= 0.3 is 11.9 Å². The molecule has 0 aromatic heterocycles. The van der Waals surface area contributed by atoms with Gasteiger partial charge in [-0.1, -0.05) is 38.1 Å². The Morgan fingerprint density at radius 3 is 2.07 bits per heavy atom. The highest BCUT2D eigenvalue weighted by atomic mass is 16.5. The molecule has 0 heterocycles. The molecule has 0 fully saturated rings. The third-order valence-electron chi connectivity index (χ3n) is 4.98. The molecule has 30 heavy (non-hydrogen) atoms. The quantitative estimate of drug-likeness (QED) is 0.166. The van der Waals surface area contributed by atoms with Crippen LogP contribution in [0.1, 0.15) is 38.7 Å². The molecule has 6 nitrogen and oxygen atoms in total. The van der Waals surface area contributed by atoms with Gasteiger partial charge < -0.3 is 18.9 Å². The Labute approximate surface area is 179 Å². The molecule has 0 aliphatic rings. The molecule has 1 rings (SSSR count). The van der Waals surface area contributed by atoms with Crippen LogP contribution in [0.3, 0.4) is 0 Å². The molecular weight excluding hydrogens is 384 g/mol. The molecule has 1 atom stereocenters. The Morgan fingerprint density at radius 2 is 1.57 bits per heavy atom. The summed E-state index contributed by atoms with van der Waals surface area (Å²) in [5.41, 5.74) is 0.978. The summed E-state index contributed by atoms with van der Waals surface area (Å²) < 4.78 is 20.1. The first-order valence-corrected chi connectivity index (χ1v) is 9.98. The second-order valence-corrected chi connectivity index (χ2v) is 7.69. The lowest BCUT2D eigenvalue weighted by molar-refractivity contribution is -0.144. The number of aryl methyl sites for hydroxylation is 1. The van der Waals surface area contributed by atoms with E-state index in [0.29, 0.717) is 0 Å². The second-order valence-electron chi connectivity index (χ2n) is 7.69. The van der Waals surface area contributed by atoms with Crippen molar-refractivity contribution in [3.63, 3.8) is 0 Å². The van der Waals surface area contributed by atoms with Crippen molar-refractivity contribution in [2.75, 3.05) is 28.4 Å². The summed E-state index contributed by atoms with van der Waals surface area (Å²) in [4.78, 5) is 23.4. The minimum Gasteiger partial charge on any atom is -0.497 e. The zero-order chi connectivity index (χ0) is 22.6. The van der Waals surface area contributed by atoms with Crippen LogP contribution in [0.5, 0.6) is 5.75 Å². The monoisotopic (exact) mass is 418 g/mol. The number of ether oxygens (including phenoxy) is 4. The van der Waals surface area contributed by atoms with Gasteiger partial charge in [0.2, 0.25) is 0 Å². The smallest absolute Gasteiger partial charge is 0.345 e. The third kappa shape index (κ3) is 8.82. The maximum Gasteiger partial charge on any atom is 0.345 e. The highest BCUT2D eigenvalue weighted by Crippen LogP contribution is 2.27. The number of carbonyl (C=O) groups is 2. The van der Waals surface area contributed by atoms with E-state index in [9.17, 15) is 9.59 Å². The van der Waals surface area contributed by atoms with Gasteiger partial charge in [-0.2, -0.15) is 0 Å². The van der Waals surface area contributed by atoms with Crippen molar-refractivity contribution in [2.24, 2.45) is 5.41 Å². The van der Waals surface area contributed by atoms with Crippen molar-refractivity contribution < 1.29 is 28.5 Å². The largest absolute Gasteiger partial charge is 0.497 e. The first-order valence-electron chi connectivity index (χ1n) is 9.98. The lowest BCUT2D eigenvalue weighted by atomic mass is 9.85. The fraction of sp³-hybridized carbons (Fsp3) is 0.500. The van der Waals surface area contributed by atoms with Gasteiger partial charge in [0.25, 0.3) is 0 Å². The SMILES string of the molecule is COC(=O)C(=C/C=C/C(C)(C)CCC(CCc1ccc(OC)cc1)OC)C(=O)OC. The zero-order valence-corrected chi connectivity index (χ0v) is 18.9. The summed E-state index contributed by atoms with van der Waals surface area (Å²) in [6.45, 7) is 4.20. The minimum atomic E-state index is -0.720. The summed E-state index contributed by atoms with van der Waals surface area (Å²) in [5, 5.41) is 0. The number of methoxy groups -OCH3 is 4. The highest BCUT2D eigenvalue weighted by Gasteiger charge is 2.20. The molecule has 0 spiro atoms. The Hall–Kier alpha value is -2.60. The van der Waals surface area contributed by atoms with Crippen LogP contribution in [0.15, 0.2) is 48.1 Å². The van der Waals surface area contributed by atoms with Gasteiger partial charge in [-0.25, -0.2) is 9.59 Å². The second kappa shape index (κ2) is 12.9. The number of rotatable bonds is 12. The molecule has 0 aliphatic heterocycles. The van der Waals surface area contributed by atoms with Crippen molar-refractivity contribution >= 4 is 11.9 Å². The summed E-state index contributed by atoms with van der Waals surface area (Å²) >= 11 is 0. The Balaban J connectivity index is 2.63. The summed E-state index contributed by atoms with van der Waals surface area (Å²) in [6.07, 6.45) is 8.89. The third-order valence-corrected chi connectivity index (χ3v) is 4.98. The number of esters is 2. The summed E-state index contributed by atoms with van der Waals surface area (Å²) in [5.74, 6) is -0.586. The minimum absolute atomic E-state index is 0.134. The number of allylic oxidation sites excluding steroid dienone is 3. The van der Waals surface area contributed by atoms with Crippen LogP contribution in [0.2, 0.25) is 0 Å². The molecule has 1 aromatic carbocycles. The molecule has 0 saturated carbocycles. The number of carbonyl (C=O) groups excluding carboxylic acids is 2.